The Labute approximate surface area is 160 Å². The standard InChI is InChI=1S/C21H25ClN2O2/c1-4-19(21(26)23-3)24(14-17-10-5-6-11-18(17)22)20(25)13-16-9-7-8-15(2)12-16/h5-12,19H,4,13-14H2,1-3H3,(H,23,26)/t19-/m0/s1. The molecule has 0 fully saturated rings. The second kappa shape index (κ2) is 9.39. The van der Waals surface area contributed by atoms with Gasteiger partial charge in [-0.1, -0.05) is 66.6 Å². The van der Waals surface area contributed by atoms with Gasteiger partial charge >= 0.3 is 0 Å². The molecular weight excluding hydrogens is 348 g/mol. The van der Waals surface area contributed by atoms with Gasteiger partial charge in [-0.25, -0.2) is 0 Å². The van der Waals surface area contributed by atoms with Gasteiger partial charge in [0, 0.05) is 18.6 Å². The molecule has 0 aromatic heterocycles. The van der Waals surface area contributed by atoms with E-state index in [1.807, 2.05) is 56.3 Å². The zero-order chi connectivity index (χ0) is 19.1. The quantitative estimate of drug-likeness (QED) is 0.804. The summed E-state index contributed by atoms with van der Waals surface area (Å²) in [6.45, 7) is 4.20. The van der Waals surface area contributed by atoms with Crippen molar-refractivity contribution in [3.63, 3.8) is 0 Å². The minimum Gasteiger partial charge on any atom is -0.357 e. The summed E-state index contributed by atoms with van der Waals surface area (Å²) in [6.07, 6.45) is 0.781. The number of nitrogens with zero attached hydrogens (tertiary/aromatic N) is 1. The second-order valence-electron chi connectivity index (χ2n) is 6.32. The average molecular weight is 373 g/mol. The molecule has 0 aliphatic heterocycles. The minimum absolute atomic E-state index is 0.0917. The van der Waals surface area contributed by atoms with Crippen molar-refractivity contribution < 1.29 is 9.59 Å². The van der Waals surface area contributed by atoms with E-state index >= 15 is 0 Å². The molecule has 138 valence electrons. The first-order chi connectivity index (χ1) is 12.5. The van der Waals surface area contributed by atoms with Gasteiger partial charge in [0.1, 0.15) is 6.04 Å². The van der Waals surface area contributed by atoms with Crippen LogP contribution in [-0.4, -0.2) is 29.8 Å². The fourth-order valence-electron chi connectivity index (χ4n) is 2.99. The predicted octanol–water partition coefficient (Wildman–Crippen LogP) is 3.74. The first-order valence-electron chi connectivity index (χ1n) is 8.76. The molecule has 5 heteroatoms. The number of hydrogen-bond donors (Lipinski definition) is 1. The van der Waals surface area contributed by atoms with Crippen LogP contribution in [0.25, 0.3) is 0 Å². The summed E-state index contributed by atoms with van der Waals surface area (Å²) >= 11 is 6.28. The first kappa shape index (κ1) is 20.0. The summed E-state index contributed by atoms with van der Waals surface area (Å²) in [5.41, 5.74) is 2.87. The molecule has 2 rings (SSSR count). The zero-order valence-electron chi connectivity index (χ0n) is 15.5. The molecule has 0 heterocycles. The molecule has 2 aromatic rings. The van der Waals surface area contributed by atoms with Gasteiger partial charge in [0.2, 0.25) is 11.8 Å². The monoisotopic (exact) mass is 372 g/mol. The highest BCUT2D eigenvalue weighted by Crippen LogP contribution is 2.20. The third kappa shape index (κ3) is 5.09. The van der Waals surface area contributed by atoms with Gasteiger partial charge in [-0.15, -0.1) is 0 Å². The Morgan fingerprint density at radius 2 is 1.88 bits per heavy atom. The number of carbonyl (C=O) groups is 2. The highest BCUT2D eigenvalue weighted by Gasteiger charge is 2.28. The SMILES string of the molecule is CC[C@@H](C(=O)NC)N(Cc1ccccc1Cl)C(=O)Cc1cccc(C)c1. The molecule has 0 spiro atoms. The van der Waals surface area contributed by atoms with Crippen LogP contribution >= 0.6 is 11.6 Å². The summed E-state index contributed by atoms with van der Waals surface area (Å²) in [5, 5.41) is 3.25. The second-order valence-corrected chi connectivity index (χ2v) is 6.72. The third-order valence-corrected chi connectivity index (χ3v) is 4.74. The van der Waals surface area contributed by atoms with Crippen LogP contribution in [0.15, 0.2) is 48.5 Å². The van der Waals surface area contributed by atoms with Gasteiger partial charge in [0.15, 0.2) is 0 Å². The van der Waals surface area contributed by atoms with Crippen molar-refractivity contribution in [3.8, 4) is 0 Å². The summed E-state index contributed by atoms with van der Waals surface area (Å²) in [7, 11) is 1.59. The molecule has 2 aromatic carbocycles. The summed E-state index contributed by atoms with van der Waals surface area (Å²) in [5.74, 6) is -0.261. The van der Waals surface area contributed by atoms with Gasteiger partial charge in [0.25, 0.3) is 0 Å². The Morgan fingerprint density at radius 1 is 1.15 bits per heavy atom. The molecule has 0 unspecified atom stereocenters. The maximum Gasteiger partial charge on any atom is 0.242 e. The van der Waals surface area contributed by atoms with Crippen molar-refractivity contribution in [2.45, 2.75) is 39.3 Å². The van der Waals surface area contributed by atoms with E-state index in [2.05, 4.69) is 5.32 Å². The molecule has 0 saturated heterocycles. The van der Waals surface area contributed by atoms with Crippen LogP contribution in [0.1, 0.15) is 30.0 Å². The lowest BCUT2D eigenvalue weighted by atomic mass is 10.1. The Bertz CT molecular complexity index is 776. The predicted molar refractivity (Wildman–Crippen MR) is 105 cm³/mol. The average Bonchev–Trinajstić information content (AvgIpc) is 2.62. The highest BCUT2D eigenvalue weighted by molar-refractivity contribution is 6.31. The number of likely N-dealkylation sites (N-methyl/N-ethyl adjacent to an activating group) is 1. The number of carbonyl (C=O) groups excluding carboxylic acids is 2. The van der Waals surface area contributed by atoms with Crippen LogP contribution in [0.3, 0.4) is 0 Å². The molecule has 2 amide bonds. The molecule has 4 nitrogen and oxygen atoms in total. The van der Waals surface area contributed by atoms with Crippen molar-refractivity contribution in [1.82, 2.24) is 10.2 Å². The van der Waals surface area contributed by atoms with Crippen LogP contribution in [-0.2, 0) is 22.6 Å². The van der Waals surface area contributed by atoms with E-state index in [0.29, 0.717) is 18.0 Å². The lowest BCUT2D eigenvalue weighted by Crippen LogP contribution is -2.48. The van der Waals surface area contributed by atoms with Crippen LogP contribution in [0.2, 0.25) is 5.02 Å². The Balaban J connectivity index is 2.30. The van der Waals surface area contributed by atoms with Crippen molar-refractivity contribution in [1.29, 1.82) is 0 Å². The lowest BCUT2D eigenvalue weighted by Gasteiger charge is -2.30. The number of amides is 2. The maximum atomic E-state index is 13.1. The topological polar surface area (TPSA) is 49.4 Å². The smallest absolute Gasteiger partial charge is 0.242 e. The minimum atomic E-state index is -0.534. The van der Waals surface area contributed by atoms with Crippen molar-refractivity contribution in [2.75, 3.05) is 7.05 Å². The Hall–Kier alpha value is -2.33. The van der Waals surface area contributed by atoms with Crippen LogP contribution in [0.5, 0.6) is 0 Å². The van der Waals surface area contributed by atoms with E-state index in [-0.39, 0.29) is 18.2 Å². The van der Waals surface area contributed by atoms with Crippen molar-refractivity contribution in [2.24, 2.45) is 0 Å². The van der Waals surface area contributed by atoms with Gasteiger partial charge < -0.3 is 10.2 Å². The van der Waals surface area contributed by atoms with E-state index < -0.39 is 6.04 Å². The van der Waals surface area contributed by atoms with Gasteiger partial charge in [-0.2, -0.15) is 0 Å². The normalized spacial score (nSPS) is 11.7. The van der Waals surface area contributed by atoms with Crippen molar-refractivity contribution in [3.05, 3.63) is 70.2 Å². The maximum absolute atomic E-state index is 13.1. The third-order valence-electron chi connectivity index (χ3n) is 4.37. The lowest BCUT2D eigenvalue weighted by molar-refractivity contribution is -0.140. The van der Waals surface area contributed by atoms with Crippen LogP contribution < -0.4 is 5.32 Å². The van der Waals surface area contributed by atoms with E-state index in [9.17, 15) is 9.59 Å². The fourth-order valence-corrected chi connectivity index (χ4v) is 3.19. The summed E-state index contributed by atoms with van der Waals surface area (Å²) in [4.78, 5) is 27.0. The number of hydrogen-bond acceptors (Lipinski definition) is 2. The van der Waals surface area contributed by atoms with E-state index in [1.165, 1.54) is 0 Å². The number of aryl methyl sites for hydroxylation is 1. The number of rotatable bonds is 7. The number of benzene rings is 2. The van der Waals surface area contributed by atoms with E-state index in [4.69, 9.17) is 11.6 Å². The Morgan fingerprint density at radius 3 is 2.50 bits per heavy atom. The molecule has 26 heavy (non-hydrogen) atoms. The molecular formula is C21H25ClN2O2. The molecule has 0 bridgehead atoms. The van der Waals surface area contributed by atoms with Crippen LogP contribution in [0, 0.1) is 6.92 Å². The summed E-state index contributed by atoms with van der Waals surface area (Å²) < 4.78 is 0. The molecule has 0 aliphatic rings. The molecule has 0 saturated carbocycles. The van der Waals surface area contributed by atoms with Crippen molar-refractivity contribution >= 4 is 23.4 Å². The van der Waals surface area contributed by atoms with Crippen LogP contribution in [0.4, 0.5) is 0 Å². The number of halogens is 1. The molecule has 1 atom stereocenters. The van der Waals surface area contributed by atoms with E-state index in [1.54, 1.807) is 18.0 Å². The molecule has 0 radical (unpaired) electrons. The van der Waals surface area contributed by atoms with Gasteiger partial charge in [0.05, 0.1) is 6.42 Å². The van der Waals surface area contributed by atoms with E-state index in [0.717, 1.165) is 16.7 Å². The molecule has 0 aliphatic carbocycles. The highest BCUT2D eigenvalue weighted by atomic mass is 35.5. The number of nitrogens with one attached hydrogen (secondary N) is 1. The fraction of sp³-hybridized carbons (Fsp3) is 0.333. The Kier molecular flexibility index (Phi) is 7.22. The zero-order valence-corrected chi connectivity index (χ0v) is 16.2. The van der Waals surface area contributed by atoms with Gasteiger partial charge in [-0.3, -0.25) is 9.59 Å². The summed E-state index contributed by atoms with van der Waals surface area (Å²) in [6, 6.07) is 14.7. The van der Waals surface area contributed by atoms with Gasteiger partial charge in [-0.05, 0) is 30.5 Å². The molecule has 1 N–H and O–H groups in total. The first-order valence-corrected chi connectivity index (χ1v) is 9.14. The largest absolute Gasteiger partial charge is 0.357 e.